The van der Waals surface area contributed by atoms with E-state index in [4.69, 9.17) is 9.88 Å². The summed E-state index contributed by atoms with van der Waals surface area (Å²) in [5.41, 5.74) is 0.861. The Kier molecular flexibility index (Phi) is 5.66. The molecule has 0 saturated carbocycles. The zero-order chi connectivity index (χ0) is 20.3. The Morgan fingerprint density at radius 2 is 1.43 bits per heavy atom. The van der Waals surface area contributed by atoms with E-state index in [0.717, 1.165) is 0 Å². The fourth-order valence-electron chi connectivity index (χ4n) is 3.07. The van der Waals surface area contributed by atoms with Crippen molar-refractivity contribution in [2.24, 2.45) is 5.14 Å². The molecule has 0 aliphatic carbocycles. The number of para-hydroxylation sites is 1. The minimum absolute atomic E-state index is 0.0451. The predicted octanol–water partition coefficient (Wildman–Crippen LogP) is 0.941. The highest BCUT2D eigenvalue weighted by atomic mass is 32.2. The molecule has 0 radical (unpaired) electrons. The van der Waals surface area contributed by atoms with E-state index in [2.05, 4.69) is 0 Å². The van der Waals surface area contributed by atoms with Gasteiger partial charge < -0.3 is 14.5 Å². The average Bonchev–Trinajstić information content (AvgIpc) is 2.72. The van der Waals surface area contributed by atoms with Crippen molar-refractivity contribution in [1.82, 2.24) is 9.80 Å². The highest BCUT2D eigenvalue weighted by Gasteiger charge is 2.27. The molecule has 1 fully saturated rings. The quantitative estimate of drug-likeness (QED) is 0.817. The highest BCUT2D eigenvalue weighted by Crippen LogP contribution is 2.20. The third kappa shape index (κ3) is 4.15. The maximum absolute atomic E-state index is 12.7. The van der Waals surface area contributed by atoms with Crippen molar-refractivity contribution in [2.45, 2.75) is 4.90 Å². The van der Waals surface area contributed by atoms with Crippen LogP contribution in [0, 0.1) is 0 Å². The van der Waals surface area contributed by atoms with Gasteiger partial charge in [0.1, 0.15) is 5.75 Å². The topological polar surface area (TPSA) is 110 Å². The second-order valence-electron chi connectivity index (χ2n) is 6.35. The number of rotatable bonds is 4. The summed E-state index contributed by atoms with van der Waals surface area (Å²) in [5, 5.41) is 5.07. The van der Waals surface area contributed by atoms with Gasteiger partial charge in [0.15, 0.2) is 0 Å². The Labute approximate surface area is 163 Å². The van der Waals surface area contributed by atoms with Crippen LogP contribution in [-0.2, 0) is 10.0 Å². The number of amides is 2. The first-order valence-corrected chi connectivity index (χ1v) is 10.2. The molecule has 1 saturated heterocycles. The molecular weight excluding hydrogens is 382 g/mol. The standard InChI is InChI=1S/C19H21N3O5S/c1-27-17-5-3-2-4-16(17)19(24)22-12-10-21(11-13-22)18(23)14-6-8-15(9-7-14)28(20,25)26/h2-9H,10-13H2,1H3,(H2,20,25,26). The van der Waals surface area contributed by atoms with Crippen LogP contribution in [0.2, 0.25) is 0 Å². The number of sulfonamides is 1. The van der Waals surface area contributed by atoms with Crippen molar-refractivity contribution >= 4 is 21.8 Å². The van der Waals surface area contributed by atoms with Gasteiger partial charge in [-0.25, -0.2) is 13.6 Å². The number of hydrogen-bond acceptors (Lipinski definition) is 5. The number of nitrogens with two attached hydrogens (primary N) is 1. The van der Waals surface area contributed by atoms with Gasteiger partial charge in [0.2, 0.25) is 10.0 Å². The largest absolute Gasteiger partial charge is 0.496 e. The molecule has 148 valence electrons. The van der Waals surface area contributed by atoms with Crippen LogP contribution in [0.5, 0.6) is 5.75 Å². The van der Waals surface area contributed by atoms with Crippen LogP contribution in [0.4, 0.5) is 0 Å². The lowest BCUT2D eigenvalue weighted by atomic mass is 10.1. The molecule has 9 heteroatoms. The van der Waals surface area contributed by atoms with Crippen molar-refractivity contribution in [1.29, 1.82) is 0 Å². The Bertz CT molecular complexity index is 981. The molecule has 2 aromatic rings. The van der Waals surface area contributed by atoms with E-state index in [1.807, 2.05) is 0 Å². The van der Waals surface area contributed by atoms with Crippen molar-refractivity contribution in [2.75, 3.05) is 33.3 Å². The number of carbonyl (C=O) groups is 2. The molecule has 28 heavy (non-hydrogen) atoms. The Morgan fingerprint density at radius 1 is 0.893 bits per heavy atom. The molecule has 0 unspecified atom stereocenters. The maximum Gasteiger partial charge on any atom is 0.257 e. The Morgan fingerprint density at radius 3 is 1.96 bits per heavy atom. The number of nitrogens with zero attached hydrogens (tertiary/aromatic N) is 2. The van der Waals surface area contributed by atoms with Crippen molar-refractivity contribution < 1.29 is 22.7 Å². The van der Waals surface area contributed by atoms with Crippen LogP contribution >= 0.6 is 0 Å². The van der Waals surface area contributed by atoms with Gasteiger partial charge in [-0.15, -0.1) is 0 Å². The fraction of sp³-hybridized carbons (Fsp3) is 0.263. The molecule has 0 aromatic heterocycles. The van der Waals surface area contributed by atoms with Crippen LogP contribution < -0.4 is 9.88 Å². The number of benzene rings is 2. The zero-order valence-corrected chi connectivity index (χ0v) is 16.2. The van der Waals surface area contributed by atoms with Crippen molar-refractivity contribution in [3.63, 3.8) is 0 Å². The lowest BCUT2D eigenvalue weighted by molar-refractivity contribution is 0.0533. The third-order valence-electron chi connectivity index (χ3n) is 4.62. The normalized spacial score (nSPS) is 14.6. The van der Waals surface area contributed by atoms with E-state index >= 15 is 0 Å². The van der Waals surface area contributed by atoms with Gasteiger partial charge >= 0.3 is 0 Å². The first-order chi connectivity index (χ1) is 13.3. The van der Waals surface area contributed by atoms with Gasteiger partial charge in [0.25, 0.3) is 11.8 Å². The number of hydrogen-bond donors (Lipinski definition) is 1. The third-order valence-corrected chi connectivity index (χ3v) is 5.55. The summed E-state index contributed by atoms with van der Waals surface area (Å²) < 4.78 is 27.9. The molecule has 1 heterocycles. The Hall–Kier alpha value is -2.91. The Balaban J connectivity index is 1.65. The molecule has 1 aliphatic heterocycles. The summed E-state index contributed by atoms with van der Waals surface area (Å²) in [6.45, 7) is 1.57. The molecule has 3 rings (SSSR count). The lowest BCUT2D eigenvalue weighted by Crippen LogP contribution is -2.50. The van der Waals surface area contributed by atoms with Crippen LogP contribution in [0.25, 0.3) is 0 Å². The fourth-order valence-corrected chi connectivity index (χ4v) is 3.59. The molecule has 2 aromatic carbocycles. The minimum atomic E-state index is -3.80. The maximum atomic E-state index is 12.7. The molecule has 0 bridgehead atoms. The molecule has 1 aliphatic rings. The summed E-state index contributed by atoms with van der Waals surface area (Å²) in [4.78, 5) is 28.6. The van der Waals surface area contributed by atoms with Gasteiger partial charge in [0, 0.05) is 31.7 Å². The van der Waals surface area contributed by atoms with Crippen molar-refractivity contribution in [3.05, 3.63) is 59.7 Å². The second-order valence-corrected chi connectivity index (χ2v) is 7.92. The van der Waals surface area contributed by atoms with E-state index in [0.29, 0.717) is 43.1 Å². The number of carbonyl (C=O) groups excluding carboxylic acids is 2. The number of ether oxygens (including phenoxy) is 1. The van der Waals surface area contributed by atoms with E-state index < -0.39 is 10.0 Å². The highest BCUT2D eigenvalue weighted by molar-refractivity contribution is 7.89. The van der Waals surface area contributed by atoms with E-state index in [1.165, 1.54) is 31.4 Å². The second kappa shape index (κ2) is 7.99. The van der Waals surface area contributed by atoms with Crippen molar-refractivity contribution in [3.8, 4) is 5.75 Å². The molecular formula is C19H21N3O5S. The van der Waals surface area contributed by atoms with E-state index in [-0.39, 0.29) is 16.7 Å². The van der Waals surface area contributed by atoms with Crippen LogP contribution in [0.15, 0.2) is 53.4 Å². The van der Waals surface area contributed by atoms with Crippen LogP contribution in [-0.4, -0.2) is 63.3 Å². The van der Waals surface area contributed by atoms with E-state index in [1.54, 1.807) is 34.1 Å². The summed E-state index contributed by atoms with van der Waals surface area (Å²) >= 11 is 0. The van der Waals surface area contributed by atoms with Gasteiger partial charge in [0.05, 0.1) is 17.6 Å². The van der Waals surface area contributed by atoms with Gasteiger partial charge in [-0.1, -0.05) is 12.1 Å². The molecule has 2 amide bonds. The summed E-state index contributed by atoms with van der Waals surface area (Å²) in [6.07, 6.45) is 0. The smallest absolute Gasteiger partial charge is 0.257 e. The number of primary sulfonamides is 1. The first kappa shape index (κ1) is 19.8. The van der Waals surface area contributed by atoms with Gasteiger partial charge in [-0.2, -0.15) is 0 Å². The summed E-state index contributed by atoms with van der Waals surface area (Å²) in [7, 11) is -2.28. The van der Waals surface area contributed by atoms with E-state index in [9.17, 15) is 18.0 Å². The average molecular weight is 403 g/mol. The van der Waals surface area contributed by atoms with Gasteiger partial charge in [-0.05, 0) is 36.4 Å². The van der Waals surface area contributed by atoms with Crippen LogP contribution in [0.3, 0.4) is 0 Å². The molecule has 0 spiro atoms. The minimum Gasteiger partial charge on any atom is -0.496 e. The number of methoxy groups -OCH3 is 1. The molecule has 8 nitrogen and oxygen atoms in total. The lowest BCUT2D eigenvalue weighted by Gasteiger charge is -2.35. The molecule has 0 atom stereocenters. The van der Waals surface area contributed by atoms with Crippen LogP contribution in [0.1, 0.15) is 20.7 Å². The van der Waals surface area contributed by atoms with Gasteiger partial charge in [-0.3, -0.25) is 9.59 Å². The molecule has 2 N–H and O–H groups in total. The summed E-state index contributed by atoms with van der Waals surface area (Å²) in [6, 6.07) is 12.5. The zero-order valence-electron chi connectivity index (χ0n) is 15.4. The SMILES string of the molecule is COc1ccccc1C(=O)N1CCN(C(=O)c2ccc(S(N)(=O)=O)cc2)CC1. The number of piperazine rings is 1. The monoisotopic (exact) mass is 403 g/mol. The summed E-state index contributed by atoms with van der Waals surface area (Å²) in [5.74, 6) is 0.161. The first-order valence-electron chi connectivity index (χ1n) is 8.65. The predicted molar refractivity (Wildman–Crippen MR) is 103 cm³/mol.